The van der Waals surface area contributed by atoms with E-state index in [1.54, 1.807) is 0 Å². The van der Waals surface area contributed by atoms with Crippen molar-refractivity contribution < 1.29 is 19.7 Å². The molecular weight excluding hydrogens is 196 g/mol. The van der Waals surface area contributed by atoms with Gasteiger partial charge in [-0.05, 0) is 0 Å². The van der Waals surface area contributed by atoms with E-state index in [2.05, 4.69) is 0 Å². The molecule has 0 aromatic heterocycles. The Morgan fingerprint density at radius 3 is 2.21 bits per heavy atom. The number of carbonyl (C=O) groups is 1. The third-order valence-corrected chi connectivity index (χ3v) is 1.63. The molecule has 0 saturated carbocycles. The third kappa shape index (κ3) is 5.86. The average Bonchev–Trinajstić information content (AvgIpc) is 2.02. The van der Waals surface area contributed by atoms with E-state index in [1.165, 1.54) is 0 Å². The number of carboxylic acids is 1. The van der Waals surface area contributed by atoms with Gasteiger partial charge < -0.3 is 5.11 Å². The second kappa shape index (κ2) is 5.84. The zero-order valence-electron chi connectivity index (χ0n) is 7.29. The Balaban J connectivity index is 3.96. The maximum atomic E-state index is 10.3. The summed E-state index contributed by atoms with van der Waals surface area (Å²) in [6, 6.07) is -1.14. The molecule has 0 aliphatic rings. The maximum absolute atomic E-state index is 10.3. The summed E-state index contributed by atoms with van der Waals surface area (Å²) >= 11 is 0. The molecule has 0 saturated heterocycles. The molecule has 14 heavy (non-hydrogen) atoms. The van der Waals surface area contributed by atoms with E-state index in [4.69, 9.17) is 5.11 Å². The van der Waals surface area contributed by atoms with E-state index in [0.29, 0.717) is 0 Å². The van der Waals surface area contributed by atoms with Crippen LogP contribution in [0.25, 0.3) is 0 Å². The molecule has 0 aliphatic carbocycles. The molecule has 0 rings (SSSR count). The van der Waals surface area contributed by atoms with Crippen molar-refractivity contribution in [3.63, 3.8) is 0 Å². The normalized spacial score (nSPS) is 12.0. The lowest BCUT2D eigenvalue weighted by Gasteiger charge is -2.04. The SMILES string of the molecule is O=C(O)CCC(CC[N+](=O)[O-])[N+](=O)[O-]. The number of rotatable bonds is 7. The number of hydrogen-bond donors (Lipinski definition) is 1. The van der Waals surface area contributed by atoms with Crippen LogP contribution in [0.15, 0.2) is 0 Å². The third-order valence-electron chi connectivity index (χ3n) is 1.63. The highest BCUT2D eigenvalue weighted by molar-refractivity contribution is 5.66. The summed E-state index contributed by atoms with van der Waals surface area (Å²) in [6.07, 6.45) is -0.743. The van der Waals surface area contributed by atoms with Gasteiger partial charge in [-0.1, -0.05) is 0 Å². The van der Waals surface area contributed by atoms with E-state index < -0.39 is 28.4 Å². The Kier molecular flexibility index (Phi) is 5.12. The minimum atomic E-state index is -1.14. The summed E-state index contributed by atoms with van der Waals surface area (Å²) in [6.45, 7) is -0.509. The first kappa shape index (κ1) is 12.3. The van der Waals surface area contributed by atoms with Gasteiger partial charge in [-0.3, -0.25) is 25.0 Å². The quantitative estimate of drug-likeness (QED) is 0.467. The van der Waals surface area contributed by atoms with Gasteiger partial charge in [0, 0.05) is 16.3 Å². The Morgan fingerprint density at radius 2 is 1.86 bits per heavy atom. The Bertz CT molecular complexity index is 222. The molecule has 1 unspecified atom stereocenters. The van der Waals surface area contributed by atoms with Gasteiger partial charge in [0.15, 0.2) is 0 Å². The van der Waals surface area contributed by atoms with Crippen LogP contribution < -0.4 is 0 Å². The summed E-state index contributed by atoms with van der Waals surface area (Å²) in [5.74, 6) is -1.14. The van der Waals surface area contributed by atoms with E-state index in [9.17, 15) is 25.0 Å². The van der Waals surface area contributed by atoms with Crippen LogP contribution in [0.5, 0.6) is 0 Å². The molecule has 0 aromatic rings. The van der Waals surface area contributed by atoms with Gasteiger partial charge >= 0.3 is 5.97 Å². The number of aliphatic carboxylic acids is 1. The van der Waals surface area contributed by atoms with Gasteiger partial charge in [0.05, 0.1) is 12.8 Å². The lowest BCUT2D eigenvalue weighted by atomic mass is 10.1. The largest absolute Gasteiger partial charge is 0.481 e. The molecule has 0 aliphatic heterocycles. The fourth-order valence-corrected chi connectivity index (χ4v) is 0.900. The first-order chi connectivity index (χ1) is 6.43. The topological polar surface area (TPSA) is 124 Å². The number of hydrogen-bond acceptors (Lipinski definition) is 5. The molecule has 0 amide bonds. The number of nitro groups is 2. The first-order valence-corrected chi connectivity index (χ1v) is 3.90. The molecule has 0 heterocycles. The van der Waals surface area contributed by atoms with Crippen molar-refractivity contribution in [2.75, 3.05) is 6.54 Å². The molecule has 1 atom stereocenters. The fourth-order valence-electron chi connectivity index (χ4n) is 0.900. The molecule has 80 valence electrons. The van der Waals surface area contributed by atoms with Gasteiger partial charge in [0.1, 0.15) is 0 Å². The molecule has 0 radical (unpaired) electrons. The van der Waals surface area contributed by atoms with Crippen molar-refractivity contribution in [2.45, 2.75) is 25.3 Å². The van der Waals surface area contributed by atoms with Crippen LogP contribution in [0.2, 0.25) is 0 Å². The van der Waals surface area contributed by atoms with E-state index in [-0.39, 0.29) is 19.3 Å². The van der Waals surface area contributed by atoms with Crippen molar-refractivity contribution in [3.8, 4) is 0 Å². The maximum Gasteiger partial charge on any atom is 0.303 e. The molecule has 0 aromatic carbocycles. The van der Waals surface area contributed by atoms with Gasteiger partial charge in [0.2, 0.25) is 12.6 Å². The Morgan fingerprint density at radius 1 is 1.29 bits per heavy atom. The van der Waals surface area contributed by atoms with Crippen LogP contribution in [0.1, 0.15) is 19.3 Å². The van der Waals surface area contributed by atoms with Crippen molar-refractivity contribution >= 4 is 5.97 Å². The highest BCUT2D eigenvalue weighted by Crippen LogP contribution is 2.06. The lowest BCUT2D eigenvalue weighted by molar-refractivity contribution is -0.542. The number of nitrogens with zero attached hydrogens (tertiary/aromatic N) is 2. The molecule has 8 heteroatoms. The number of carboxylic acid groups (broad SMARTS) is 1. The van der Waals surface area contributed by atoms with Gasteiger partial charge in [0.25, 0.3) is 0 Å². The zero-order valence-corrected chi connectivity index (χ0v) is 7.29. The van der Waals surface area contributed by atoms with E-state index in [0.717, 1.165) is 0 Å². The minimum absolute atomic E-state index is 0.170. The average molecular weight is 206 g/mol. The highest BCUT2D eigenvalue weighted by atomic mass is 16.6. The lowest BCUT2D eigenvalue weighted by Crippen LogP contribution is -2.23. The fraction of sp³-hybridized carbons (Fsp3) is 0.833. The highest BCUT2D eigenvalue weighted by Gasteiger charge is 2.23. The Labute approximate surface area is 78.8 Å². The van der Waals surface area contributed by atoms with Gasteiger partial charge in [-0.25, -0.2) is 0 Å². The molecule has 0 fully saturated rings. The van der Waals surface area contributed by atoms with Crippen LogP contribution >= 0.6 is 0 Å². The van der Waals surface area contributed by atoms with Crippen LogP contribution in [0.3, 0.4) is 0 Å². The summed E-state index contributed by atoms with van der Waals surface area (Å²) in [5.41, 5.74) is 0. The Hall–Kier alpha value is -1.73. The van der Waals surface area contributed by atoms with Crippen LogP contribution in [-0.2, 0) is 4.79 Å². The predicted octanol–water partition coefficient (Wildman–Crippen LogP) is 0.163. The smallest absolute Gasteiger partial charge is 0.303 e. The minimum Gasteiger partial charge on any atom is -0.481 e. The predicted molar refractivity (Wildman–Crippen MR) is 44.1 cm³/mol. The standard InChI is InChI=1S/C6H10N2O6/c9-6(10)2-1-5(8(13)14)3-4-7(11)12/h5H,1-4H2,(H,9,10). The second-order valence-electron chi connectivity index (χ2n) is 2.72. The first-order valence-electron chi connectivity index (χ1n) is 3.90. The second-order valence-corrected chi connectivity index (χ2v) is 2.72. The van der Waals surface area contributed by atoms with Crippen LogP contribution in [0, 0.1) is 20.2 Å². The summed E-state index contributed by atoms with van der Waals surface area (Å²) < 4.78 is 0. The molecule has 1 N–H and O–H groups in total. The van der Waals surface area contributed by atoms with Crippen molar-refractivity contribution in [2.24, 2.45) is 0 Å². The van der Waals surface area contributed by atoms with Crippen LogP contribution in [0.4, 0.5) is 0 Å². The van der Waals surface area contributed by atoms with Gasteiger partial charge in [-0.15, -0.1) is 0 Å². The molecule has 8 nitrogen and oxygen atoms in total. The zero-order chi connectivity index (χ0) is 11.1. The molecule has 0 spiro atoms. The summed E-state index contributed by atoms with van der Waals surface area (Å²) in [7, 11) is 0. The summed E-state index contributed by atoms with van der Waals surface area (Å²) in [5, 5.41) is 28.5. The molecular formula is C6H10N2O6. The van der Waals surface area contributed by atoms with Crippen molar-refractivity contribution in [3.05, 3.63) is 20.2 Å². The van der Waals surface area contributed by atoms with Gasteiger partial charge in [-0.2, -0.15) is 0 Å². The van der Waals surface area contributed by atoms with E-state index in [1.807, 2.05) is 0 Å². The van der Waals surface area contributed by atoms with Crippen molar-refractivity contribution in [1.29, 1.82) is 0 Å². The van der Waals surface area contributed by atoms with E-state index >= 15 is 0 Å². The monoisotopic (exact) mass is 206 g/mol. The molecule has 0 bridgehead atoms. The van der Waals surface area contributed by atoms with Crippen LogP contribution in [-0.4, -0.2) is 33.5 Å². The van der Waals surface area contributed by atoms with Crippen molar-refractivity contribution in [1.82, 2.24) is 0 Å². The summed E-state index contributed by atoms with van der Waals surface area (Å²) in [4.78, 5) is 29.0.